The van der Waals surface area contributed by atoms with Crippen LogP contribution >= 0.6 is 15.9 Å². The van der Waals surface area contributed by atoms with Crippen molar-refractivity contribution in [2.24, 2.45) is 0 Å². The van der Waals surface area contributed by atoms with Crippen molar-refractivity contribution < 1.29 is 9.18 Å². The van der Waals surface area contributed by atoms with Gasteiger partial charge in [0.25, 0.3) is 0 Å². The van der Waals surface area contributed by atoms with E-state index in [-0.39, 0.29) is 5.78 Å². The van der Waals surface area contributed by atoms with Gasteiger partial charge in [-0.3, -0.25) is 4.79 Å². The van der Waals surface area contributed by atoms with Gasteiger partial charge in [0, 0.05) is 15.6 Å². The molecule has 0 saturated carbocycles. The number of ketones is 1. The van der Waals surface area contributed by atoms with E-state index >= 15 is 0 Å². The molecule has 0 spiro atoms. The minimum Gasteiger partial charge on any atom is -0.289 e. The van der Waals surface area contributed by atoms with Crippen LogP contribution in [0.4, 0.5) is 4.39 Å². The summed E-state index contributed by atoms with van der Waals surface area (Å²) >= 11 is 3.34. The molecule has 2 aromatic carbocycles. The fraction of sp³-hybridized carbons (Fsp3) is 0.278. The van der Waals surface area contributed by atoms with Crippen molar-refractivity contribution in [2.45, 2.75) is 34.6 Å². The first kappa shape index (κ1) is 15.9. The Balaban J connectivity index is 2.73. The topological polar surface area (TPSA) is 17.1 Å². The van der Waals surface area contributed by atoms with Crippen molar-refractivity contribution in [1.82, 2.24) is 0 Å². The van der Waals surface area contributed by atoms with E-state index in [9.17, 15) is 9.18 Å². The summed E-state index contributed by atoms with van der Waals surface area (Å²) in [5.41, 5.74) is 6.43. The Morgan fingerprint density at radius 3 is 1.90 bits per heavy atom. The average molecular weight is 349 g/mol. The predicted molar refractivity (Wildman–Crippen MR) is 87.7 cm³/mol. The quantitative estimate of drug-likeness (QED) is 0.667. The highest BCUT2D eigenvalue weighted by molar-refractivity contribution is 9.10. The Morgan fingerprint density at radius 1 is 0.905 bits per heavy atom. The molecule has 0 saturated heterocycles. The standard InChI is InChI=1S/C18H18BrFO/c1-9-10(2)12(4)17(13(5)11(9)3)18(21)15-8-14(20)6-7-16(15)19/h6-8H,1-5H3. The monoisotopic (exact) mass is 348 g/mol. The van der Waals surface area contributed by atoms with E-state index in [4.69, 9.17) is 0 Å². The summed E-state index contributed by atoms with van der Waals surface area (Å²) in [6.45, 7) is 10.0. The third kappa shape index (κ3) is 2.67. The molecule has 0 N–H and O–H groups in total. The summed E-state index contributed by atoms with van der Waals surface area (Å²) in [6, 6.07) is 4.20. The summed E-state index contributed by atoms with van der Waals surface area (Å²) in [5.74, 6) is -0.542. The number of carbonyl (C=O) groups is 1. The van der Waals surface area contributed by atoms with Crippen molar-refractivity contribution >= 4 is 21.7 Å². The molecule has 21 heavy (non-hydrogen) atoms. The van der Waals surface area contributed by atoms with Crippen LogP contribution in [0.2, 0.25) is 0 Å². The fourth-order valence-electron chi connectivity index (χ4n) is 2.65. The smallest absolute Gasteiger partial charge is 0.194 e. The minimum atomic E-state index is -0.405. The first-order chi connectivity index (χ1) is 9.75. The van der Waals surface area contributed by atoms with Gasteiger partial charge in [-0.25, -0.2) is 4.39 Å². The Hall–Kier alpha value is -1.48. The lowest BCUT2D eigenvalue weighted by Gasteiger charge is -2.18. The highest BCUT2D eigenvalue weighted by Crippen LogP contribution is 2.30. The van der Waals surface area contributed by atoms with E-state index in [0.29, 0.717) is 15.6 Å². The molecule has 3 heteroatoms. The SMILES string of the molecule is Cc1c(C)c(C)c(C(=O)c2cc(F)ccc2Br)c(C)c1C. The summed E-state index contributed by atoms with van der Waals surface area (Å²) in [6.07, 6.45) is 0. The zero-order valence-electron chi connectivity index (χ0n) is 12.9. The maximum absolute atomic E-state index is 13.5. The van der Waals surface area contributed by atoms with Crippen molar-refractivity contribution in [2.75, 3.05) is 0 Å². The van der Waals surface area contributed by atoms with E-state index in [0.717, 1.165) is 22.3 Å². The van der Waals surface area contributed by atoms with Gasteiger partial charge >= 0.3 is 0 Å². The van der Waals surface area contributed by atoms with Gasteiger partial charge in [-0.1, -0.05) is 15.9 Å². The zero-order chi connectivity index (χ0) is 15.9. The van der Waals surface area contributed by atoms with Gasteiger partial charge in [-0.2, -0.15) is 0 Å². The van der Waals surface area contributed by atoms with E-state index in [1.165, 1.54) is 17.7 Å². The summed E-state index contributed by atoms with van der Waals surface area (Å²) in [7, 11) is 0. The molecular formula is C18H18BrFO. The van der Waals surface area contributed by atoms with Crippen LogP contribution in [0.5, 0.6) is 0 Å². The van der Waals surface area contributed by atoms with Gasteiger partial charge in [0.2, 0.25) is 0 Å². The molecule has 0 aliphatic heterocycles. The molecule has 2 aromatic rings. The Bertz CT molecular complexity index is 718. The zero-order valence-corrected chi connectivity index (χ0v) is 14.5. The molecule has 0 aliphatic carbocycles. The lowest BCUT2D eigenvalue weighted by atomic mass is 9.86. The van der Waals surface area contributed by atoms with E-state index in [1.54, 1.807) is 6.07 Å². The van der Waals surface area contributed by atoms with E-state index < -0.39 is 5.82 Å². The van der Waals surface area contributed by atoms with Gasteiger partial charge < -0.3 is 0 Å². The Morgan fingerprint density at radius 2 is 1.38 bits per heavy atom. The maximum Gasteiger partial charge on any atom is 0.194 e. The van der Waals surface area contributed by atoms with Crippen LogP contribution in [0.3, 0.4) is 0 Å². The number of halogens is 2. The maximum atomic E-state index is 13.5. The molecule has 0 aromatic heterocycles. The van der Waals surface area contributed by atoms with Gasteiger partial charge in [0.1, 0.15) is 5.82 Å². The van der Waals surface area contributed by atoms with Crippen molar-refractivity contribution in [1.29, 1.82) is 0 Å². The second-order valence-corrected chi connectivity index (χ2v) is 6.31. The highest BCUT2D eigenvalue weighted by atomic mass is 79.9. The van der Waals surface area contributed by atoms with Crippen LogP contribution in [-0.2, 0) is 0 Å². The van der Waals surface area contributed by atoms with Gasteiger partial charge in [0.05, 0.1) is 0 Å². The van der Waals surface area contributed by atoms with Gasteiger partial charge in [0.15, 0.2) is 5.78 Å². The average Bonchev–Trinajstić information content (AvgIpc) is 2.45. The third-order valence-corrected chi connectivity index (χ3v) is 5.09. The molecule has 0 aliphatic rings. The number of hydrogen-bond acceptors (Lipinski definition) is 1. The molecule has 110 valence electrons. The highest BCUT2D eigenvalue weighted by Gasteiger charge is 2.21. The second kappa shape index (κ2) is 5.72. The van der Waals surface area contributed by atoms with Crippen LogP contribution in [0.15, 0.2) is 22.7 Å². The Kier molecular flexibility index (Phi) is 4.33. The van der Waals surface area contributed by atoms with Crippen molar-refractivity contribution in [3.05, 3.63) is 67.4 Å². The minimum absolute atomic E-state index is 0.137. The number of benzene rings is 2. The third-order valence-electron chi connectivity index (χ3n) is 4.40. The molecule has 1 nitrogen and oxygen atoms in total. The largest absolute Gasteiger partial charge is 0.289 e. The normalized spacial score (nSPS) is 10.8. The molecule has 0 amide bonds. The molecule has 0 bridgehead atoms. The molecule has 0 radical (unpaired) electrons. The second-order valence-electron chi connectivity index (χ2n) is 5.45. The molecule has 0 fully saturated rings. The van der Waals surface area contributed by atoms with Crippen LogP contribution in [0.1, 0.15) is 43.7 Å². The lowest BCUT2D eigenvalue weighted by molar-refractivity contribution is 0.103. The predicted octanol–water partition coefficient (Wildman–Crippen LogP) is 5.36. The van der Waals surface area contributed by atoms with Crippen LogP contribution in [-0.4, -0.2) is 5.78 Å². The first-order valence-electron chi connectivity index (χ1n) is 6.82. The molecule has 0 unspecified atom stereocenters. The van der Waals surface area contributed by atoms with Gasteiger partial charge in [-0.15, -0.1) is 0 Å². The molecule has 0 atom stereocenters. The Labute approximate surface area is 133 Å². The van der Waals surface area contributed by atoms with Crippen molar-refractivity contribution in [3.63, 3.8) is 0 Å². The van der Waals surface area contributed by atoms with E-state index in [2.05, 4.69) is 22.9 Å². The summed E-state index contributed by atoms with van der Waals surface area (Å²) in [5, 5.41) is 0. The fourth-order valence-corrected chi connectivity index (χ4v) is 3.07. The van der Waals surface area contributed by atoms with Gasteiger partial charge in [-0.05, 0) is 80.6 Å². The summed E-state index contributed by atoms with van der Waals surface area (Å²) < 4.78 is 14.1. The van der Waals surface area contributed by atoms with Crippen molar-refractivity contribution in [3.8, 4) is 0 Å². The molecular weight excluding hydrogens is 331 g/mol. The number of rotatable bonds is 2. The van der Waals surface area contributed by atoms with Crippen LogP contribution in [0.25, 0.3) is 0 Å². The number of carbonyl (C=O) groups excluding carboxylic acids is 1. The van der Waals surface area contributed by atoms with Crippen LogP contribution in [0, 0.1) is 40.4 Å². The lowest BCUT2D eigenvalue weighted by Crippen LogP contribution is -2.11. The first-order valence-corrected chi connectivity index (χ1v) is 7.61. The van der Waals surface area contributed by atoms with Crippen LogP contribution < -0.4 is 0 Å². The van der Waals surface area contributed by atoms with E-state index in [1.807, 2.05) is 27.7 Å². The molecule has 2 rings (SSSR count). The summed E-state index contributed by atoms with van der Waals surface area (Å²) in [4.78, 5) is 12.9. The number of hydrogen-bond donors (Lipinski definition) is 0. The molecule has 0 heterocycles.